The molecule has 1 aliphatic heterocycles. The van der Waals surface area contributed by atoms with Gasteiger partial charge in [0, 0.05) is 32.7 Å². The van der Waals surface area contributed by atoms with Crippen molar-refractivity contribution in [1.82, 2.24) is 20.9 Å². The van der Waals surface area contributed by atoms with Crippen molar-refractivity contribution in [1.29, 1.82) is 0 Å². The smallest absolute Gasteiger partial charge is 0.407 e. The molecule has 1 saturated heterocycles. The van der Waals surface area contributed by atoms with Gasteiger partial charge in [0.1, 0.15) is 5.60 Å². The van der Waals surface area contributed by atoms with Crippen LogP contribution in [0.5, 0.6) is 0 Å². The Morgan fingerprint density at radius 3 is 2.28 bits per heavy atom. The lowest BCUT2D eigenvalue weighted by molar-refractivity contribution is 0.0529. The first-order chi connectivity index (χ1) is 11.4. The van der Waals surface area contributed by atoms with Crippen LogP contribution in [0, 0.1) is 0 Å². The lowest BCUT2D eigenvalue weighted by atomic mass is 10.2. The first kappa shape index (κ1) is 24.2. The van der Waals surface area contributed by atoms with Crippen LogP contribution in [0.2, 0.25) is 0 Å². The molecule has 0 saturated carbocycles. The predicted molar refractivity (Wildman–Crippen MR) is 114 cm³/mol. The second kappa shape index (κ2) is 12.6. The van der Waals surface area contributed by atoms with Gasteiger partial charge in [-0.15, -0.1) is 24.0 Å². The Labute approximate surface area is 169 Å². The Morgan fingerprint density at radius 2 is 1.76 bits per heavy atom. The molecule has 0 aromatic carbocycles. The summed E-state index contributed by atoms with van der Waals surface area (Å²) in [5.74, 6) is 0.763. The Bertz CT molecular complexity index is 406. The number of likely N-dealkylation sites (tertiary alicyclic amines) is 1. The molecule has 1 amide bonds. The quantitative estimate of drug-likeness (QED) is 0.231. The fourth-order valence-corrected chi connectivity index (χ4v) is 2.73. The third-order valence-electron chi connectivity index (χ3n) is 3.94. The van der Waals surface area contributed by atoms with Crippen LogP contribution in [0.4, 0.5) is 4.79 Å². The zero-order valence-corrected chi connectivity index (χ0v) is 18.7. The molecule has 0 aromatic heterocycles. The van der Waals surface area contributed by atoms with Gasteiger partial charge in [0.2, 0.25) is 0 Å². The third kappa shape index (κ3) is 10.7. The van der Waals surface area contributed by atoms with Crippen LogP contribution in [0.1, 0.15) is 47.0 Å². The Hall–Kier alpha value is -0.770. The van der Waals surface area contributed by atoms with Gasteiger partial charge in [0.25, 0.3) is 0 Å². The number of carbonyl (C=O) groups is 1. The fourth-order valence-electron chi connectivity index (χ4n) is 2.73. The van der Waals surface area contributed by atoms with E-state index in [-0.39, 0.29) is 24.0 Å². The minimum absolute atomic E-state index is 0. The van der Waals surface area contributed by atoms with E-state index in [0.717, 1.165) is 18.9 Å². The van der Waals surface area contributed by atoms with Gasteiger partial charge >= 0.3 is 6.09 Å². The molecule has 1 fully saturated rings. The van der Waals surface area contributed by atoms with Crippen molar-refractivity contribution in [3.8, 4) is 0 Å². The summed E-state index contributed by atoms with van der Waals surface area (Å²) in [6, 6.07) is 0.547. The number of carbonyl (C=O) groups excluding carboxylic acids is 1. The van der Waals surface area contributed by atoms with Crippen molar-refractivity contribution in [2.24, 2.45) is 4.99 Å². The van der Waals surface area contributed by atoms with Crippen LogP contribution in [0.25, 0.3) is 0 Å². The molecule has 1 rings (SSSR count). The molecular formula is C17H36IN5O2. The highest BCUT2D eigenvalue weighted by Gasteiger charge is 2.20. The Kier molecular flexibility index (Phi) is 12.2. The Balaban J connectivity index is 0.00000576. The largest absolute Gasteiger partial charge is 0.444 e. The van der Waals surface area contributed by atoms with Crippen molar-refractivity contribution < 1.29 is 9.53 Å². The Morgan fingerprint density at radius 1 is 1.16 bits per heavy atom. The van der Waals surface area contributed by atoms with Gasteiger partial charge in [-0.1, -0.05) is 6.92 Å². The minimum Gasteiger partial charge on any atom is -0.444 e. The SMILES string of the molecule is CCC(CNC(=NC)NCCNC(=O)OC(C)(C)C)N1CCCC1.I. The monoisotopic (exact) mass is 469 g/mol. The van der Waals surface area contributed by atoms with E-state index >= 15 is 0 Å². The number of hydrogen-bond acceptors (Lipinski definition) is 4. The lowest BCUT2D eigenvalue weighted by Crippen LogP contribution is -2.47. The van der Waals surface area contributed by atoms with Crippen LogP contribution < -0.4 is 16.0 Å². The highest BCUT2D eigenvalue weighted by Crippen LogP contribution is 2.13. The molecule has 1 unspecified atom stereocenters. The van der Waals surface area contributed by atoms with E-state index in [9.17, 15) is 4.79 Å². The maximum atomic E-state index is 11.6. The summed E-state index contributed by atoms with van der Waals surface area (Å²) in [7, 11) is 1.76. The number of nitrogens with one attached hydrogen (secondary N) is 3. The molecule has 3 N–H and O–H groups in total. The summed E-state index contributed by atoms with van der Waals surface area (Å²) in [6.45, 7) is 12.1. The van der Waals surface area contributed by atoms with Gasteiger partial charge in [-0.25, -0.2) is 4.79 Å². The predicted octanol–water partition coefficient (Wildman–Crippen LogP) is 2.17. The minimum atomic E-state index is -0.472. The van der Waals surface area contributed by atoms with E-state index in [4.69, 9.17) is 4.74 Å². The molecular weight excluding hydrogens is 433 g/mol. The van der Waals surface area contributed by atoms with Crippen LogP contribution in [-0.2, 0) is 4.74 Å². The highest BCUT2D eigenvalue weighted by molar-refractivity contribution is 14.0. The van der Waals surface area contributed by atoms with Gasteiger partial charge in [-0.3, -0.25) is 9.89 Å². The van der Waals surface area contributed by atoms with Crippen molar-refractivity contribution in [2.75, 3.05) is 39.8 Å². The molecule has 0 aliphatic carbocycles. The molecule has 8 heteroatoms. The van der Waals surface area contributed by atoms with Crippen LogP contribution in [0.15, 0.2) is 4.99 Å². The number of guanidine groups is 1. The number of amides is 1. The van der Waals surface area contributed by atoms with Crippen LogP contribution >= 0.6 is 24.0 Å². The zero-order chi connectivity index (χ0) is 18.0. The molecule has 0 radical (unpaired) electrons. The van der Waals surface area contributed by atoms with Gasteiger partial charge < -0.3 is 20.7 Å². The third-order valence-corrected chi connectivity index (χ3v) is 3.94. The van der Waals surface area contributed by atoms with E-state index in [1.807, 2.05) is 20.8 Å². The topological polar surface area (TPSA) is 78.0 Å². The van der Waals surface area contributed by atoms with Gasteiger partial charge in [0.15, 0.2) is 5.96 Å². The average molecular weight is 469 g/mol. The maximum Gasteiger partial charge on any atom is 0.407 e. The molecule has 0 aromatic rings. The summed E-state index contributed by atoms with van der Waals surface area (Å²) >= 11 is 0. The average Bonchev–Trinajstić information content (AvgIpc) is 3.02. The normalized spacial score (nSPS) is 16.8. The van der Waals surface area contributed by atoms with Gasteiger partial charge in [-0.2, -0.15) is 0 Å². The standard InChI is InChI=1S/C17H35N5O2.HI/c1-6-14(22-11-7-8-12-22)13-21-15(18-5)19-9-10-20-16(23)24-17(2,3)4;/h14H,6-13H2,1-5H3,(H,20,23)(H2,18,19,21);1H. The second-order valence-electron chi connectivity index (χ2n) is 7.11. The molecule has 148 valence electrons. The highest BCUT2D eigenvalue weighted by atomic mass is 127. The summed E-state index contributed by atoms with van der Waals surface area (Å²) < 4.78 is 5.19. The lowest BCUT2D eigenvalue weighted by Gasteiger charge is -2.27. The molecule has 7 nitrogen and oxygen atoms in total. The summed E-state index contributed by atoms with van der Waals surface area (Å²) in [6.07, 6.45) is 3.34. The van der Waals surface area contributed by atoms with Crippen LogP contribution in [0.3, 0.4) is 0 Å². The fraction of sp³-hybridized carbons (Fsp3) is 0.882. The second-order valence-corrected chi connectivity index (χ2v) is 7.11. The molecule has 1 heterocycles. The van der Waals surface area contributed by atoms with E-state index < -0.39 is 11.7 Å². The van der Waals surface area contributed by atoms with Gasteiger partial charge in [-0.05, 0) is 53.1 Å². The van der Waals surface area contributed by atoms with Crippen molar-refractivity contribution >= 4 is 36.0 Å². The summed E-state index contributed by atoms with van der Waals surface area (Å²) in [4.78, 5) is 18.3. The molecule has 0 spiro atoms. The molecule has 25 heavy (non-hydrogen) atoms. The number of halogens is 1. The molecule has 1 atom stereocenters. The summed E-state index contributed by atoms with van der Waals surface area (Å²) in [5.41, 5.74) is -0.472. The van der Waals surface area contributed by atoms with Crippen molar-refractivity contribution in [3.05, 3.63) is 0 Å². The van der Waals surface area contributed by atoms with Gasteiger partial charge in [0.05, 0.1) is 0 Å². The maximum absolute atomic E-state index is 11.6. The van der Waals surface area contributed by atoms with E-state index in [1.54, 1.807) is 7.05 Å². The zero-order valence-electron chi connectivity index (χ0n) is 16.4. The van der Waals surface area contributed by atoms with E-state index in [0.29, 0.717) is 19.1 Å². The number of ether oxygens (including phenoxy) is 1. The van der Waals surface area contributed by atoms with Crippen molar-refractivity contribution in [3.63, 3.8) is 0 Å². The number of aliphatic imine (C=N–C) groups is 1. The number of nitrogens with zero attached hydrogens (tertiary/aromatic N) is 2. The van der Waals surface area contributed by atoms with E-state index in [1.165, 1.54) is 25.9 Å². The molecule has 0 bridgehead atoms. The first-order valence-electron chi connectivity index (χ1n) is 9.01. The number of hydrogen-bond donors (Lipinski definition) is 3. The summed E-state index contributed by atoms with van der Waals surface area (Å²) in [5, 5.41) is 9.31. The molecule has 1 aliphatic rings. The number of alkyl carbamates (subject to hydrolysis) is 1. The van der Waals surface area contributed by atoms with Crippen LogP contribution in [-0.4, -0.2) is 68.4 Å². The van der Waals surface area contributed by atoms with Crippen molar-refractivity contribution in [2.45, 2.75) is 58.6 Å². The first-order valence-corrected chi connectivity index (χ1v) is 9.01. The van der Waals surface area contributed by atoms with E-state index in [2.05, 4.69) is 32.8 Å². The number of rotatable bonds is 7.